The fraction of sp³-hybridized carbons (Fsp3) is 0.500. The molecule has 21 heavy (non-hydrogen) atoms. The van der Waals surface area contributed by atoms with Crippen LogP contribution in [-0.2, 0) is 4.79 Å². The molecule has 0 saturated carbocycles. The highest BCUT2D eigenvalue weighted by Gasteiger charge is 2.26. The highest BCUT2D eigenvalue weighted by molar-refractivity contribution is 5.85. The highest BCUT2D eigenvalue weighted by atomic mass is 35.5. The summed E-state index contributed by atoms with van der Waals surface area (Å²) >= 11 is 0. The smallest absolute Gasteiger partial charge is 0.277 e. The largest absolute Gasteiger partial charge is 0.493 e. The summed E-state index contributed by atoms with van der Waals surface area (Å²) in [6.07, 6.45) is 0.0218. The van der Waals surface area contributed by atoms with Crippen molar-refractivity contribution >= 4 is 18.3 Å². The van der Waals surface area contributed by atoms with E-state index in [1.807, 2.05) is 32.0 Å². The number of nitrogens with two attached hydrogens (primary N) is 1. The summed E-state index contributed by atoms with van der Waals surface area (Å²) in [5, 5.41) is 2.13. The van der Waals surface area contributed by atoms with E-state index in [0.717, 1.165) is 11.1 Å². The Morgan fingerprint density at radius 3 is 2.62 bits per heavy atom. The molecular weight excluding hydrogens is 302 g/mol. The average Bonchev–Trinajstić information content (AvgIpc) is 2.39. The van der Waals surface area contributed by atoms with Crippen LogP contribution in [0.1, 0.15) is 17.5 Å². The third kappa shape index (κ3) is 7.24. The first kappa shape index (κ1) is 19.6. The normalized spacial score (nSPS) is 10.7. The Bertz CT molecular complexity index is 470. The molecular formula is C14H21ClF2N2O2. The Hall–Kier alpha value is -1.40. The van der Waals surface area contributed by atoms with Crippen molar-refractivity contribution in [3.8, 4) is 5.75 Å². The molecule has 0 bridgehead atoms. The van der Waals surface area contributed by atoms with Crippen molar-refractivity contribution in [3.05, 3.63) is 29.3 Å². The molecule has 1 amide bonds. The second kappa shape index (κ2) is 8.79. The fourth-order valence-electron chi connectivity index (χ4n) is 1.60. The van der Waals surface area contributed by atoms with Crippen molar-refractivity contribution in [2.45, 2.75) is 26.2 Å². The van der Waals surface area contributed by atoms with Gasteiger partial charge in [-0.3, -0.25) is 4.79 Å². The molecule has 0 radical (unpaired) electrons. The summed E-state index contributed by atoms with van der Waals surface area (Å²) in [4.78, 5) is 11.4. The van der Waals surface area contributed by atoms with E-state index in [9.17, 15) is 13.6 Å². The molecule has 1 aromatic carbocycles. The first-order chi connectivity index (χ1) is 9.34. The van der Waals surface area contributed by atoms with E-state index in [0.29, 0.717) is 5.75 Å². The summed E-state index contributed by atoms with van der Waals surface area (Å²) in [5.41, 5.74) is 6.97. The zero-order valence-electron chi connectivity index (χ0n) is 12.1. The number of nitrogens with one attached hydrogen (secondary N) is 1. The number of halogens is 3. The lowest BCUT2D eigenvalue weighted by Crippen LogP contribution is -2.41. The first-order valence-corrected chi connectivity index (χ1v) is 6.39. The number of aryl methyl sites for hydroxylation is 2. The maximum absolute atomic E-state index is 12.8. The van der Waals surface area contributed by atoms with E-state index < -0.39 is 24.9 Å². The van der Waals surface area contributed by atoms with Crippen LogP contribution >= 0.6 is 12.4 Å². The summed E-state index contributed by atoms with van der Waals surface area (Å²) in [6.45, 7) is 2.49. The quantitative estimate of drug-likeness (QED) is 0.809. The van der Waals surface area contributed by atoms with Crippen LogP contribution in [-0.4, -0.2) is 31.5 Å². The molecule has 0 saturated heterocycles. The van der Waals surface area contributed by atoms with Crippen LogP contribution in [0.3, 0.4) is 0 Å². The zero-order valence-corrected chi connectivity index (χ0v) is 12.9. The molecule has 0 aromatic heterocycles. The fourth-order valence-corrected chi connectivity index (χ4v) is 1.60. The molecule has 4 nitrogen and oxygen atoms in total. The molecule has 0 heterocycles. The Balaban J connectivity index is 0.00000400. The number of hydrogen-bond acceptors (Lipinski definition) is 3. The van der Waals surface area contributed by atoms with Crippen LogP contribution in [0.5, 0.6) is 5.75 Å². The van der Waals surface area contributed by atoms with Gasteiger partial charge in [0.25, 0.3) is 5.92 Å². The predicted molar refractivity (Wildman–Crippen MR) is 80.3 cm³/mol. The topological polar surface area (TPSA) is 64.3 Å². The van der Waals surface area contributed by atoms with Gasteiger partial charge in [0.05, 0.1) is 26.1 Å². The lowest BCUT2D eigenvalue weighted by atomic mass is 10.1. The summed E-state index contributed by atoms with van der Waals surface area (Å²) in [5.74, 6) is -2.86. The number of alkyl halides is 2. The third-order valence-corrected chi connectivity index (χ3v) is 2.76. The second-order valence-corrected chi connectivity index (χ2v) is 4.70. The van der Waals surface area contributed by atoms with E-state index >= 15 is 0 Å². The standard InChI is InChI=1S/C14H20F2N2O2.ClH/c1-10-3-4-12(11(2)7-10)20-6-5-13(19)18-9-14(15,16)8-17;/h3-4,7H,5-6,8-9,17H2,1-2H3,(H,18,19);1H. The van der Waals surface area contributed by atoms with Crippen molar-refractivity contribution < 1.29 is 18.3 Å². The average molecular weight is 323 g/mol. The van der Waals surface area contributed by atoms with Crippen molar-refractivity contribution in [1.29, 1.82) is 0 Å². The van der Waals surface area contributed by atoms with Crippen LogP contribution in [0.25, 0.3) is 0 Å². The molecule has 1 aromatic rings. The van der Waals surface area contributed by atoms with Crippen LogP contribution in [0.2, 0.25) is 0 Å². The third-order valence-electron chi connectivity index (χ3n) is 2.76. The van der Waals surface area contributed by atoms with Gasteiger partial charge in [0, 0.05) is 0 Å². The van der Waals surface area contributed by atoms with Gasteiger partial charge < -0.3 is 15.8 Å². The summed E-state index contributed by atoms with van der Waals surface area (Å²) < 4.78 is 31.1. The lowest BCUT2D eigenvalue weighted by Gasteiger charge is -2.14. The maximum Gasteiger partial charge on any atom is 0.277 e. The van der Waals surface area contributed by atoms with Crippen molar-refractivity contribution in [3.63, 3.8) is 0 Å². The van der Waals surface area contributed by atoms with E-state index in [-0.39, 0.29) is 25.4 Å². The minimum atomic E-state index is -3.07. The van der Waals surface area contributed by atoms with E-state index in [1.54, 1.807) is 0 Å². The van der Waals surface area contributed by atoms with E-state index in [2.05, 4.69) is 5.32 Å². The van der Waals surface area contributed by atoms with Gasteiger partial charge in [-0.25, -0.2) is 8.78 Å². The molecule has 0 fully saturated rings. The number of carbonyl (C=O) groups is 1. The van der Waals surface area contributed by atoms with Crippen LogP contribution < -0.4 is 15.8 Å². The van der Waals surface area contributed by atoms with Crippen molar-refractivity contribution in [2.24, 2.45) is 5.73 Å². The number of rotatable bonds is 7. The monoisotopic (exact) mass is 322 g/mol. The summed E-state index contributed by atoms with van der Waals surface area (Å²) in [6, 6.07) is 5.70. The molecule has 1 rings (SSSR count). The van der Waals surface area contributed by atoms with Gasteiger partial charge in [-0.15, -0.1) is 12.4 Å². The number of ether oxygens (including phenoxy) is 1. The zero-order chi connectivity index (χ0) is 15.2. The molecule has 3 N–H and O–H groups in total. The summed E-state index contributed by atoms with van der Waals surface area (Å²) in [7, 11) is 0. The molecule has 0 atom stereocenters. The van der Waals surface area contributed by atoms with Crippen LogP contribution in [0, 0.1) is 13.8 Å². The van der Waals surface area contributed by atoms with E-state index in [4.69, 9.17) is 10.5 Å². The molecule has 0 aliphatic rings. The van der Waals surface area contributed by atoms with Gasteiger partial charge in [-0.1, -0.05) is 17.7 Å². The Morgan fingerprint density at radius 2 is 2.05 bits per heavy atom. The van der Waals surface area contributed by atoms with Crippen LogP contribution in [0.4, 0.5) is 8.78 Å². The molecule has 0 unspecified atom stereocenters. The highest BCUT2D eigenvalue weighted by Crippen LogP contribution is 2.18. The van der Waals surface area contributed by atoms with E-state index in [1.165, 1.54) is 0 Å². The van der Waals surface area contributed by atoms with Gasteiger partial charge in [-0.2, -0.15) is 0 Å². The number of benzene rings is 1. The number of amides is 1. The van der Waals surface area contributed by atoms with Gasteiger partial charge in [0.2, 0.25) is 5.91 Å². The minimum Gasteiger partial charge on any atom is -0.493 e. The molecule has 0 aliphatic heterocycles. The molecule has 0 spiro atoms. The molecule has 0 aliphatic carbocycles. The van der Waals surface area contributed by atoms with Crippen molar-refractivity contribution in [2.75, 3.05) is 19.7 Å². The van der Waals surface area contributed by atoms with Gasteiger partial charge >= 0.3 is 0 Å². The lowest BCUT2D eigenvalue weighted by molar-refractivity contribution is -0.123. The Labute approximate surface area is 129 Å². The molecule has 120 valence electrons. The van der Waals surface area contributed by atoms with Crippen LogP contribution in [0.15, 0.2) is 18.2 Å². The molecule has 7 heteroatoms. The second-order valence-electron chi connectivity index (χ2n) is 4.70. The van der Waals surface area contributed by atoms with Gasteiger partial charge in [-0.05, 0) is 25.5 Å². The Kier molecular flexibility index (Phi) is 8.21. The first-order valence-electron chi connectivity index (χ1n) is 6.39. The van der Waals surface area contributed by atoms with Crippen molar-refractivity contribution in [1.82, 2.24) is 5.32 Å². The van der Waals surface area contributed by atoms with Gasteiger partial charge in [0.15, 0.2) is 0 Å². The number of carbonyl (C=O) groups excluding carboxylic acids is 1. The SMILES string of the molecule is Cc1ccc(OCCC(=O)NCC(F)(F)CN)c(C)c1.Cl. The number of hydrogen-bond donors (Lipinski definition) is 2. The van der Waals surface area contributed by atoms with Gasteiger partial charge in [0.1, 0.15) is 5.75 Å². The minimum absolute atomic E-state index is 0. The Morgan fingerprint density at radius 1 is 1.38 bits per heavy atom. The predicted octanol–water partition coefficient (Wildman–Crippen LogP) is 2.20. The maximum atomic E-state index is 12.8.